The molecule has 2 atom stereocenters. The van der Waals surface area contributed by atoms with Crippen LogP contribution in [0, 0.1) is 5.92 Å². The molecule has 2 unspecified atom stereocenters. The number of hydrogen-bond donors (Lipinski definition) is 1. The van der Waals surface area contributed by atoms with E-state index in [9.17, 15) is 0 Å². The van der Waals surface area contributed by atoms with E-state index in [1.165, 1.54) is 6.42 Å². The van der Waals surface area contributed by atoms with Gasteiger partial charge in [-0.2, -0.15) is 0 Å². The molecule has 0 bridgehead atoms. The molecule has 5 nitrogen and oxygen atoms in total. The van der Waals surface area contributed by atoms with Crippen LogP contribution >= 0.6 is 0 Å². The van der Waals surface area contributed by atoms with Crippen molar-refractivity contribution in [1.82, 2.24) is 15.1 Å². The highest BCUT2D eigenvalue weighted by molar-refractivity contribution is 5.80. The molecule has 0 radical (unpaired) electrons. The maximum atomic E-state index is 5.82. The number of rotatable bonds is 7. The highest BCUT2D eigenvalue weighted by atomic mass is 16.5. The summed E-state index contributed by atoms with van der Waals surface area (Å²) in [6.45, 7) is 12.6. The zero-order valence-corrected chi connectivity index (χ0v) is 15.3. The number of ether oxygens (including phenoxy) is 1. The summed E-state index contributed by atoms with van der Waals surface area (Å²) in [6, 6.07) is 0.662. The Labute approximate surface area is 141 Å². The Kier molecular flexibility index (Phi) is 7.37. The lowest BCUT2D eigenvalue weighted by Gasteiger charge is -2.26. The SMILES string of the molecule is CCOC(CCNC(=NC)N1CCC(N2CC=CC2)C1)C(C)C. The van der Waals surface area contributed by atoms with Crippen LogP contribution in [0.15, 0.2) is 17.1 Å². The first-order valence-corrected chi connectivity index (χ1v) is 9.12. The van der Waals surface area contributed by atoms with E-state index in [0.29, 0.717) is 18.1 Å². The van der Waals surface area contributed by atoms with Crippen LogP contribution < -0.4 is 5.32 Å². The molecule has 2 aliphatic heterocycles. The maximum Gasteiger partial charge on any atom is 0.193 e. The minimum atomic E-state index is 0.326. The first kappa shape index (κ1) is 18.3. The molecular formula is C18H34N4O. The molecule has 2 aliphatic rings. The fourth-order valence-corrected chi connectivity index (χ4v) is 3.51. The first-order chi connectivity index (χ1) is 11.2. The second-order valence-corrected chi connectivity index (χ2v) is 6.81. The molecule has 23 heavy (non-hydrogen) atoms. The topological polar surface area (TPSA) is 40.1 Å². The molecule has 2 heterocycles. The van der Waals surface area contributed by atoms with Crippen LogP contribution in [0.2, 0.25) is 0 Å². The van der Waals surface area contributed by atoms with Crippen molar-refractivity contribution in [2.24, 2.45) is 10.9 Å². The van der Waals surface area contributed by atoms with Crippen LogP contribution in [0.3, 0.4) is 0 Å². The quantitative estimate of drug-likeness (QED) is 0.442. The second-order valence-electron chi connectivity index (χ2n) is 6.81. The maximum absolute atomic E-state index is 5.82. The number of aliphatic imine (C=N–C) groups is 1. The predicted molar refractivity (Wildman–Crippen MR) is 96.9 cm³/mol. The fraction of sp³-hybridized carbons (Fsp3) is 0.833. The van der Waals surface area contributed by atoms with Crippen LogP contribution in [0.4, 0.5) is 0 Å². The average Bonchev–Trinajstić information content (AvgIpc) is 3.20. The van der Waals surface area contributed by atoms with Crippen molar-refractivity contribution >= 4 is 5.96 Å². The average molecular weight is 322 g/mol. The van der Waals surface area contributed by atoms with Gasteiger partial charge in [0.05, 0.1) is 6.10 Å². The normalized spacial score (nSPS) is 24.0. The van der Waals surface area contributed by atoms with Gasteiger partial charge in [0.25, 0.3) is 0 Å². The van der Waals surface area contributed by atoms with Gasteiger partial charge in [-0.15, -0.1) is 0 Å². The van der Waals surface area contributed by atoms with Crippen LogP contribution in [0.25, 0.3) is 0 Å². The van der Waals surface area contributed by atoms with Crippen molar-refractivity contribution < 1.29 is 4.74 Å². The van der Waals surface area contributed by atoms with E-state index in [4.69, 9.17) is 4.74 Å². The van der Waals surface area contributed by atoms with E-state index < -0.39 is 0 Å². The van der Waals surface area contributed by atoms with Gasteiger partial charge in [0.1, 0.15) is 0 Å². The summed E-state index contributed by atoms with van der Waals surface area (Å²) in [5, 5.41) is 3.53. The molecule has 5 heteroatoms. The van der Waals surface area contributed by atoms with Crippen LogP contribution in [-0.2, 0) is 4.74 Å². The molecule has 2 rings (SSSR count). The smallest absolute Gasteiger partial charge is 0.193 e. The van der Waals surface area contributed by atoms with E-state index in [2.05, 4.69) is 53.0 Å². The summed E-state index contributed by atoms with van der Waals surface area (Å²) in [4.78, 5) is 9.42. The Hall–Kier alpha value is -1.07. The summed E-state index contributed by atoms with van der Waals surface area (Å²) >= 11 is 0. The second kappa shape index (κ2) is 9.28. The number of likely N-dealkylation sites (tertiary alicyclic amines) is 1. The number of nitrogens with zero attached hydrogens (tertiary/aromatic N) is 3. The van der Waals surface area contributed by atoms with Gasteiger partial charge < -0.3 is 15.0 Å². The number of guanidine groups is 1. The molecule has 0 aromatic heterocycles. The van der Waals surface area contributed by atoms with Gasteiger partial charge in [0, 0.05) is 52.4 Å². The zero-order chi connectivity index (χ0) is 16.7. The van der Waals surface area contributed by atoms with Gasteiger partial charge in [-0.05, 0) is 25.7 Å². The van der Waals surface area contributed by atoms with Gasteiger partial charge in [-0.25, -0.2) is 0 Å². The third-order valence-corrected chi connectivity index (χ3v) is 4.87. The molecule has 0 saturated carbocycles. The summed E-state index contributed by atoms with van der Waals surface area (Å²) < 4.78 is 5.82. The molecule has 0 aromatic rings. The Morgan fingerprint density at radius 2 is 2.09 bits per heavy atom. The van der Waals surface area contributed by atoms with Crippen molar-refractivity contribution in [3.05, 3.63) is 12.2 Å². The summed E-state index contributed by atoms with van der Waals surface area (Å²) in [5.41, 5.74) is 0. The largest absolute Gasteiger partial charge is 0.378 e. The summed E-state index contributed by atoms with van der Waals surface area (Å²) in [7, 11) is 1.88. The van der Waals surface area contributed by atoms with Crippen LogP contribution in [0.5, 0.6) is 0 Å². The molecule has 0 aliphatic carbocycles. The predicted octanol–water partition coefficient (Wildman–Crippen LogP) is 1.96. The van der Waals surface area contributed by atoms with Gasteiger partial charge in [-0.1, -0.05) is 26.0 Å². The lowest BCUT2D eigenvalue weighted by molar-refractivity contribution is 0.0257. The Morgan fingerprint density at radius 3 is 2.70 bits per heavy atom. The lowest BCUT2D eigenvalue weighted by atomic mass is 10.0. The molecule has 1 N–H and O–H groups in total. The van der Waals surface area contributed by atoms with Crippen molar-refractivity contribution in [3.8, 4) is 0 Å². The molecular weight excluding hydrogens is 288 g/mol. The van der Waals surface area contributed by atoms with Crippen LogP contribution in [-0.4, -0.2) is 74.3 Å². The highest BCUT2D eigenvalue weighted by Crippen LogP contribution is 2.18. The van der Waals surface area contributed by atoms with Crippen molar-refractivity contribution in [2.45, 2.75) is 45.8 Å². The van der Waals surface area contributed by atoms with E-state index in [1.807, 2.05) is 7.05 Å². The third-order valence-electron chi connectivity index (χ3n) is 4.87. The highest BCUT2D eigenvalue weighted by Gasteiger charge is 2.29. The lowest BCUT2D eigenvalue weighted by Crippen LogP contribution is -2.43. The van der Waals surface area contributed by atoms with E-state index in [0.717, 1.165) is 51.7 Å². The van der Waals surface area contributed by atoms with E-state index >= 15 is 0 Å². The Balaban J connectivity index is 1.75. The van der Waals surface area contributed by atoms with Crippen LogP contribution in [0.1, 0.15) is 33.6 Å². The van der Waals surface area contributed by atoms with Gasteiger partial charge >= 0.3 is 0 Å². The third kappa shape index (κ3) is 5.21. The summed E-state index contributed by atoms with van der Waals surface area (Å²) in [6.07, 6.45) is 7.13. The van der Waals surface area contributed by atoms with Crippen molar-refractivity contribution in [3.63, 3.8) is 0 Å². The monoisotopic (exact) mass is 322 g/mol. The van der Waals surface area contributed by atoms with Crippen molar-refractivity contribution in [2.75, 3.05) is 46.4 Å². The Bertz CT molecular complexity index is 400. The molecule has 132 valence electrons. The van der Waals surface area contributed by atoms with Crippen molar-refractivity contribution in [1.29, 1.82) is 0 Å². The Morgan fingerprint density at radius 1 is 1.35 bits per heavy atom. The van der Waals surface area contributed by atoms with Gasteiger partial charge in [-0.3, -0.25) is 9.89 Å². The van der Waals surface area contributed by atoms with E-state index in [1.54, 1.807) is 0 Å². The molecule has 1 saturated heterocycles. The first-order valence-electron chi connectivity index (χ1n) is 9.12. The molecule has 1 fully saturated rings. The minimum absolute atomic E-state index is 0.326. The van der Waals surface area contributed by atoms with Gasteiger partial charge in [0.15, 0.2) is 5.96 Å². The fourth-order valence-electron chi connectivity index (χ4n) is 3.51. The number of nitrogens with one attached hydrogen (secondary N) is 1. The van der Waals surface area contributed by atoms with Gasteiger partial charge in [0.2, 0.25) is 0 Å². The molecule has 0 amide bonds. The minimum Gasteiger partial charge on any atom is -0.378 e. The summed E-state index contributed by atoms with van der Waals surface area (Å²) in [5.74, 6) is 1.59. The zero-order valence-electron chi connectivity index (χ0n) is 15.3. The standard InChI is InChI=1S/C18H34N4O/c1-5-23-17(15(2)3)8-10-20-18(19-4)22-13-9-16(14-22)21-11-6-7-12-21/h6-7,15-17H,5,8-14H2,1-4H3,(H,19,20). The molecule has 0 aromatic carbocycles. The number of hydrogen-bond acceptors (Lipinski definition) is 3. The molecule has 0 spiro atoms. The van der Waals surface area contributed by atoms with E-state index in [-0.39, 0.29) is 0 Å².